The molecule has 0 saturated heterocycles. The third kappa shape index (κ3) is 5.22. The zero-order valence-corrected chi connectivity index (χ0v) is 19.8. The highest BCUT2D eigenvalue weighted by molar-refractivity contribution is 5.81. The van der Waals surface area contributed by atoms with Crippen LogP contribution in [0.1, 0.15) is 45.4 Å². The topological polar surface area (TPSA) is 69.0 Å². The van der Waals surface area contributed by atoms with Crippen LogP contribution in [-0.2, 0) is 23.7 Å². The molecule has 0 unspecified atom stereocenters. The number of carbonyl (C=O) groups excluding carboxylic acids is 1. The molecule has 170 valence electrons. The van der Waals surface area contributed by atoms with Crippen LogP contribution in [0.3, 0.4) is 0 Å². The average molecular weight is 443 g/mol. The number of nitrogens with one attached hydrogen (secondary N) is 1. The number of Topliss-reactive ketones (excluding diaryl/α,β-unsaturated/α-hetero) is 1. The summed E-state index contributed by atoms with van der Waals surface area (Å²) in [4.78, 5) is 20.8. The maximum absolute atomic E-state index is 11.7. The Morgan fingerprint density at radius 1 is 1.06 bits per heavy atom. The third-order valence-electron chi connectivity index (χ3n) is 5.63. The van der Waals surface area contributed by atoms with E-state index in [0.29, 0.717) is 30.0 Å². The number of rotatable bonds is 7. The van der Waals surface area contributed by atoms with E-state index >= 15 is 0 Å². The van der Waals surface area contributed by atoms with Crippen LogP contribution in [0.2, 0.25) is 0 Å². The fraction of sp³-hybridized carbons (Fsp3) is 0.296. The molecule has 0 aliphatic heterocycles. The first-order chi connectivity index (χ1) is 15.7. The first kappa shape index (κ1) is 22.5. The van der Waals surface area contributed by atoms with Crippen LogP contribution in [0.5, 0.6) is 11.5 Å². The minimum atomic E-state index is 0.0763. The van der Waals surface area contributed by atoms with Crippen LogP contribution < -0.4 is 10.1 Å². The van der Waals surface area contributed by atoms with E-state index in [9.17, 15) is 4.79 Å². The van der Waals surface area contributed by atoms with Gasteiger partial charge in [0.05, 0.1) is 16.7 Å². The smallest absolute Gasteiger partial charge is 0.208 e. The second-order valence-corrected chi connectivity index (χ2v) is 9.25. The number of pyridine rings is 1. The number of hydrogen-bond donors (Lipinski definition) is 1. The maximum atomic E-state index is 11.7. The number of aryl methyl sites for hydroxylation is 1. The first-order valence-corrected chi connectivity index (χ1v) is 11.2. The van der Waals surface area contributed by atoms with Crippen LogP contribution in [0.4, 0.5) is 11.6 Å². The normalized spacial score (nSPS) is 11.5. The van der Waals surface area contributed by atoms with Gasteiger partial charge in [-0.2, -0.15) is 0 Å². The molecule has 4 aromatic rings. The largest absolute Gasteiger partial charge is 0.457 e. The molecule has 0 bridgehead atoms. The molecule has 0 spiro atoms. The third-order valence-corrected chi connectivity index (χ3v) is 5.63. The van der Waals surface area contributed by atoms with Gasteiger partial charge in [0.25, 0.3) is 0 Å². The van der Waals surface area contributed by atoms with Crippen LogP contribution in [0, 0.1) is 0 Å². The van der Waals surface area contributed by atoms with Crippen LogP contribution in [-0.4, -0.2) is 20.3 Å². The fourth-order valence-electron chi connectivity index (χ4n) is 3.63. The molecule has 33 heavy (non-hydrogen) atoms. The maximum Gasteiger partial charge on any atom is 0.208 e. The number of anilines is 2. The Morgan fingerprint density at radius 2 is 1.85 bits per heavy atom. The molecule has 0 amide bonds. The van der Waals surface area contributed by atoms with Crippen molar-refractivity contribution in [1.82, 2.24) is 14.5 Å². The fourth-order valence-corrected chi connectivity index (χ4v) is 3.63. The Kier molecular flexibility index (Phi) is 6.18. The highest BCUT2D eigenvalue weighted by Gasteiger charge is 2.15. The Balaban J connectivity index is 1.56. The Labute approximate surface area is 194 Å². The van der Waals surface area contributed by atoms with Crippen molar-refractivity contribution in [2.24, 2.45) is 7.05 Å². The van der Waals surface area contributed by atoms with E-state index in [1.165, 1.54) is 5.56 Å². The summed E-state index contributed by atoms with van der Waals surface area (Å²) in [5.41, 5.74) is 4.89. The highest BCUT2D eigenvalue weighted by Crippen LogP contribution is 2.30. The van der Waals surface area contributed by atoms with Crippen LogP contribution in [0.15, 0.2) is 60.8 Å². The summed E-state index contributed by atoms with van der Waals surface area (Å²) in [6.07, 6.45) is 2.49. The number of benzene rings is 2. The number of ketones is 1. The van der Waals surface area contributed by atoms with Gasteiger partial charge in [0, 0.05) is 43.9 Å². The number of carbonyl (C=O) groups is 1. The Bertz CT molecular complexity index is 1300. The lowest BCUT2D eigenvalue weighted by Crippen LogP contribution is -2.11. The summed E-state index contributed by atoms with van der Waals surface area (Å²) < 4.78 is 8.07. The standard InChI is InChI=1S/C27H30N4O2/c1-6-21(32)15-20-16-23(12-13-28-20)33-22-10-11-25-24(17-22)30-26(31(25)5)29-19-9-7-8-18(14-19)27(2,3)4/h7-14,16-17H,6,15H2,1-5H3,(H,29,30). The van der Waals surface area contributed by atoms with Gasteiger partial charge >= 0.3 is 0 Å². The Hall–Kier alpha value is -3.67. The lowest BCUT2D eigenvalue weighted by atomic mass is 9.87. The van der Waals surface area contributed by atoms with Gasteiger partial charge in [0.2, 0.25) is 5.95 Å². The van der Waals surface area contributed by atoms with Gasteiger partial charge in [0.1, 0.15) is 17.3 Å². The van der Waals surface area contributed by atoms with E-state index in [-0.39, 0.29) is 11.2 Å². The molecule has 2 aromatic carbocycles. The number of aromatic nitrogens is 3. The van der Waals surface area contributed by atoms with Crippen molar-refractivity contribution in [3.05, 3.63) is 72.1 Å². The van der Waals surface area contributed by atoms with Gasteiger partial charge in [-0.3, -0.25) is 9.78 Å². The van der Waals surface area contributed by atoms with Gasteiger partial charge < -0.3 is 14.6 Å². The summed E-state index contributed by atoms with van der Waals surface area (Å²) in [6.45, 7) is 8.47. The molecule has 0 aliphatic carbocycles. The second-order valence-electron chi connectivity index (χ2n) is 9.25. The molecule has 0 atom stereocenters. The molecule has 6 nitrogen and oxygen atoms in total. The number of nitrogens with zero attached hydrogens (tertiary/aromatic N) is 3. The molecule has 0 fully saturated rings. The predicted octanol–water partition coefficient (Wildman–Crippen LogP) is 6.32. The van der Waals surface area contributed by atoms with Crippen LogP contribution >= 0.6 is 0 Å². The van der Waals surface area contributed by atoms with E-state index in [4.69, 9.17) is 9.72 Å². The van der Waals surface area contributed by atoms with Crippen molar-refractivity contribution in [2.75, 3.05) is 5.32 Å². The SMILES string of the molecule is CCC(=O)Cc1cc(Oc2ccc3c(c2)nc(Nc2cccc(C(C)(C)C)c2)n3C)ccn1. The van der Waals surface area contributed by atoms with Crippen molar-refractivity contribution in [3.8, 4) is 11.5 Å². The quantitative estimate of drug-likeness (QED) is 0.362. The lowest BCUT2D eigenvalue weighted by molar-refractivity contribution is -0.118. The van der Waals surface area contributed by atoms with Crippen molar-refractivity contribution in [2.45, 2.75) is 46.0 Å². The summed E-state index contributed by atoms with van der Waals surface area (Å²) in [6, 6.07) is 17.9. The molecule has 0 aliphatic rings. The minimum absolute atomic E-state index is 0.0763. The Morgan fingerprint density at radius 3 is 2.61 bits per heavy atom. The van der Waals surface area contributed by atoms with E-state index < -0.39 is 0 Å². The van der Waals surface area contributed by atoms with E-state index in [2.05, 4.69) is 49.3 Å². The molecule has 4 rings (SSSR count). The van der Waals surface area contributed by atoms with Gasteiger partial charge in [-0.05, 0) is 41.3 Å². The van der Waals surface area contributed by atoms with Gasteiger partial charge in [-0.1, -0.05) is 39.8 Å². The number of fused-ring (bicyclic) bond motifs is 1. The van der Waals surface area contributed by atoms with Gasteiger partial charge in [0.15, 0.2) is 0 Å². The lowest BCUT2D eigenvalue weighted by Gasteiger charge is -2.20. The number of imidazole rings is 1. The molecular weight excluding hydrogens is 412 g/mol. The predicted molar refractivity (Wildman–Crippen MR) is 132 cm³/mol. The summed E-state index contributed by atoms with van der Waals surface area (Å²) >= 11 is 0. The van der Waals surface area contributed by atoms with E-state index in [1.54, 1.807) is 12.3 Å². The molecule has 2 aromatic heterocycles. The molecule has 0 radical (unpaired) electrons. The van der Waals surface area contributed by atoms with E-state index in [0.717, 1.165) is 22.7 Å². The minimum Gasteiger partial charge on any atom is -0.457 e. The van der Waals surface area contributed by atoms with Crippen molar-refractivity contribution in [1.29, 1.82) is 0 Å². The molecule has 2 heterocycles. The number of hydrogen-bond acceptors (Lipinski definition) is 5. The number of ether oxygens (including phenoxy) is 1. The molecule has 1 N–H and O–H groups in total. The van der Waals surface area contributed by atoms with Crippen LogP contribution in [0.25, 0.3) is 11.0 Å². The van der Waals surface area contributed by atoms with Crippen molar-refractivity contribution >= 4 is 28.5 Å². The van der Waals surface area contributed by atoms with Crippen molar-refractivity contribution < 1.29 is 9.53 Å². The summed E-state index contributed by atoms with van der Waals surface area (Å²) in [5.74, 6) is 2.25. The van der Waals surface area contributed by atoms with Crippen molar-refractivity contribution in [3.63, 3.8) is 0 Å². The monoisotopic (exact) mass is 442 g/mol. The zero-order valence-electron chi connectivity index (χ0n) is 19.8. The molecule has 0 saturated carbocycles. The average Bonchev–Trinajstić information content (AvgIpc) is 3.08. The molecular formula is C27H30N4O2. The first-order valence-electron chi connectivity index (χ1n) is 11.2. The van der Waals surface area contributed by atoms with E-state index in [1.807, 2.05) is 48.9 Å². The highest BCUT2D eigenvalue weighted by atomic mass is 16.5. The second kappa shape index (κ2) is 9.06. The zero-order chi connectivity index (χ0) is 23.6. The summed E-state index contributed by atoms with van der Waals surface area (Å²) in [7, 11) is 1.99. The summed E-state index contributed by atoms with van der Waals surface area (Å²) in [5, 5.41) is 3.45. The van der Waals surface area contributed by atoms with Gasteiger partial charge in [-0.15, -0.1) is 0 Å². The molecule has 6 heteroatoms. The van der Waals surface area contributed by atoms with Gasteiger partial charge in [-0.25, -0.2) is 4.98 Å².